The molecule has 0 bridgehead atoms. The first kappa shape index (κ1) is 16.8. The van der Waals surface area contributed by atoms with Crippen LogP contribution in [-0.2, 0) is 9.31 Å². The Morgan fingerprint density at radius 1 is 0.957 bits per heavy atom. The first-order valence-corrected chi connectivity index (χ1v) is 8.67. The highest BCUT2D eigenvalue weighted by Crippen LogP contribution is 2.36. The largest absolute Gasteiger partial charge is 0.494 e. The lowest BCUT2D eigenvalue weighted by atomic mass is 9.79. The molecule has 1 aromatic carbocycles. The van der Waals surface area contributed by atoms with E-state index in [4.69, 9.17) is 9.31 Å². The van der Waals surface area contributed by atoms with Gasteiger partial charge in [-0.2, -0.15) is 0 Å². The fraction of sp³-hybridized carbons (Fsp3) is 0.667. The van der Waals surface area contributed by atoms with E-state index in [-0.39, 0.29) is 24.4 Å². The van der Waals surface area contributed by atoms with E-state index in [2.05, 4.69) is 57.3 Å². The van der Waals surface area contributed by atoms with Gasteiger partial charge in [-0.15, -0.1) is 0 Å². The zero-order chi connectivity index (χ0) is 16.7. The van der Waals surface area contributed by atoms with Gasteiger partial charge in [-0.05, 0) is 71.0 Å². The van der Waals surface area contributed by atoms with E-state index in [1.165, 1.54) is 0 Å². The Morgan fingerprint density at radius 2 is 1.48 bits per heavy atom. The Morgan fingerprint density at radius 3 is 2.00 bits per heavy atom. The molecule has 2 N–H and O–H groups in total. The third-order valence-corrected chi connectivity index (χ3v) is 5.50. The van der Waals surface area contributed by atoms with Crippen molar-refractivity contribution in [2.75, 3.05) is 5.32 Å². The monoisotopic (exact) mass is 317 g/mol. The molecule has 0 atom stereocenters. The van der Waals surface area contributed by atoms with Crippen LogP contribution in [0.15, 0.2) is 24.3 Å². The van der Waals surface area contributed by atoms with Crippen LogP contribution < -0.4 is 10.8 Å². The van der Waals surface area contributed by atoms with Crippen LogP contribution in [0.2, 0.25) is 0 Å². The van der Waals surface area contributed by atoms with Gasteiger partial charge in [0.2, 0.25) is 0 Å². The minimum absolute atomic E-state index is 0.112. The lowest BCUT2D eigenvalue weighted by Gasteiger charge is -2.32. The summed E-state index contributed by atoms with van der Waals surface area (Å²) >= 11 is 0. The number of rotatable bonds is 3. The molecule has 126 valence electrons. The van der Waals surface area contributed by atoms with Gasteiger partial charge in [-0.25, -0.2) is 0 Å². The van der Waals surface area contributed by atoms with Crippen molar-refractivity contribution in [2.45, 2.75) is 76.7 Å². The standard InChI is InChI=1S/C18H28BNO3/c1-17(2)18(3,4)23-19(22-17)13-5-7-14(8-6-13)20-15-9-11-16(21)12-10-15/h5-8,15-16,20-21H,9-12H2,1-4H3/t15-,16-. The third kappa shape index (κ3) is 3.57. The molecule has 2 aliphatic rings. The quantitative estimate of drug-likeness (QED) is 0.842. The Kier molecular flexibility index (Phi) is 4.47. The number of aliphatic hydroxyl groups is 1. The number of hydrogen-bond acceptors (Lipinski definition) is 4. The van der Waals surface area contributed by atoms with Crippen LogP contribution in [0, 0.1) is 0 Å². The first-order chi connectivity index (χ1) is 10.8. The zero-order valence-electron chi connectivity index (χ0n) is 14.6. The van der Waals surface area contributed by atoms with Crippen molar-refractivity contribution in [1.82, 2.24) is 0 Å². The first-order valence-electron chi connectivity index (χ1n) is 8.67. The molecule has 1 aliphatic carbocycles. The Hall–Kier alpha value is -1.04. The third-order valence-electron chi connectivity index (χ3n) is 5.50. The van der Waals surface area contributed by atoms with Crippen LogP contribution in [0.25, 0.3) is 0 Å². The van der Waals surface area contributed by atoms with Gasteiger partial charge in [0.15, 0.2) is 0 Å². The summed E-state index contributed by atoms with van der Waals surface area (Å²) in [4.78, 5) is 0. The van der Waals surface area contributed by atoms with Crippen LogP contribution in [0.5, 0.6) is 0 Å². The molecule has 1 saturated carbocycles. The number of benzene rings is 1. The summed E-state index contributed by atoms with van der Waals surface area (Å²) in [6, 6.07) is 8.78. The predicted molar refractivity (Wildman–Crippen MR) is 94.0 cm³/mol. The van der Waals surface area contributed by atoms with Gasteiger partial charge in [0.1, 0.15) is 0 Å². The smallest absolute Gasteiger partial charge is 0.399 e. The highest BCUT2D eigenvalue weighted by molar-refractivity contribution is 6.62. The highest BCUT2D eigenvalue weighted by Gasteiger charge is 2.51. The normalized spacial score (nSPS) is 29.5. The van der Waals surface area contributed by atoms with E-state index in [1.807, 2.05) is 0 Å². The summed E-state index contributed by atoms with van der Waals surface area (Å²) in [6.45, 7) is 8.28. The second kappa shape index (κ2) is 6.12. The maximum Gasteiger partial charge on any atom is 0.494 e. The molecule has 3 rings (SSSR count). The van der Waals surface area contributed by atoms with Crippen molar-refractivity contribution in [3.8, 4) is 0 Å². The average molecular weight is 317 g/mol. The fourth-order valence-corrected chi connectivity index (χ4v) is 3.17. The minimum Gasteiger partial charge on any atom is -0.399 e. The molecule has 2 fully saturated rings. The number of aliphatic hydroxyl groups excluding tert-OH is 1. The van der Waals surface area contributed by atoms with Crippen LogP contribution in [0.3, 0.4) is 0 Å². The molecule has 1 aromatic rings. The molecule has 1 saturated heterocycles. The summed E-state index contributed by atoms with van der Waals surface area (Å²) in [5, 5.41) is 13.1. The van der Waals surface area contributed by atoms with Gasteiger partial charge in [0.05, 0.1) is 17.3 Å². The lowest BCUT2D eigenvalue weighted by molar-refractivity contribution is 0.00578. The van der Waals surface area contributed by atoms with Gasteiger partial charge in [0, 0.05) is 11.7 Å². The van der Waals surface area contributed by atoms with E-state index >= 15 is 0 Å². The molecule has 23 heavy (non-hydrogen) atoms. The average Bonchev–Trinajstić information content (AvgIpc) is 2.71. The lowest BCUT2D eigenvalue weighted by Crippen LogP contribution is -2.41. The molecular formula is C18H28BNO3. The molecular weight excluding hydrogens is 289 g/mol. The Balaban J connectivity index is 1.62. The number of nitrogens with one attached hydrogen (secondary N) is 1. The number of anilines is 1. The summed E-state index contributed by atoms with van der Waals surface area (Å²) in [6.07, 6.45) is 3.73. The van der Waals surface area contributed by atoms with Gasteiger partial charge in [-0.3, -0.25) is 0 Å². The molecule has 0 spiro atoms. The van der Waals surface area contributed by atoms with Crippen molar-refractivity contribution >= 4 is 18.3 Å². The molecule has 0 unspecified atom stereocenters. The Bertz CT molecular complexity index is 520. The van der Waals surface area contributed by atoms with E-state index in [1.54, 1.807) is 0 Å². The van der Waals surface area contributed by atoms with Gasteiger partial charge in [0.25, 0.3) is 0 Å². The number of hydrogen-bond donors (Lipinski definition) is 2. The van der Waals surface area contributed by atoms with Gasteiger partial charge < -0.3 is 19.7 Å². The predicted octanol–water partition coefficient (Wildman–Crippen LogP) is 2.70. The van der Waals surface area contributed by atoms with Crippen molar-refractivity contribution in [3.63, 3.8) is 0 Å². The summed E-state index contributed by atoms with van der Waals surface area (Å²) < 4.78 is 12.2. The maximum absolute atomic E-state index is 9.58. The zero-order valence-corrected chi connectivity index (χ0v) is 14.6. The highest BCUT2D eigenvalue weighted by atomic mass is 16.7. The second-order valence-electron chi connectivity index (χ2n) is 7.86. The van der Waals surface area contributed by atoms with E-state index in [0.717, 1.165) is 36.8 Å². The van der Waals surface area contributed by atoms with E-state index < -0.39 is 0 Å². The molecule has 4 nitrogen and oxygen atoms in total. The molecule has 0 radical (unpaired) electrons. The fourth-order valence-electron chi connectivity index (χ4n) is 3.17. The molecule has 1 heterocycles. The van der Waals surface area contributed by atoms with Gasteiger partial charge >= 0.3 is 7.12 Å². The summed E-state index contributed by atoms with van der Waals surface area (Å²) in [7, 11) is -0.307. The minimum atomic E-state index is -0.308. The van der Waals surface area contributed by atoms with Crippen molar-refractivity contribution < 1.29 is 14.4 Å². The van der Waals surface area contributed by atoms with Gasteiger partial charge in [-0.1, -0.05) is 12.1 Å². The van der Waals surface area contributed by atoms with Crippen molar-refractivity contribution in [3.05, 3.63) is 24.3 Å². The SMILES string of the molecule is CC1(C)OB(c2ccc(N[C@H]3CC[C@H](O)CC3)cc2)OC1(C)C. The van der Waals surface area contributed by atoms with E-state index in [0.29, 0.717) is 6.04 Å². The van der Waals surface area contributed by atoms with Crippen molar-refractivity contribution in [1.29, 1.82) is 0 Å². The van der Waals surface area contributed by atoms with Crippen molar-refractivity contribution in [2.24, 2.45) is 0 Å². The molecule has 5 heteroatoms. The second-order valence-corrected chi connectivity index (χ2v) is 7.86. The van der Waals surface area contributed by atoms with Crippen LogP contribution in [0.1, 0.15) is 53.4 Å². The topological polar surface area (TPSA) is 50.7 Å². The molecule has 0 aromatic heterocycles. The maximum atomic E-state index is 9.58. The summed E-state index contributed by atoms with van der Waals surface area (Å²) in [5.74, 6) is 0. The molecule has 0 amide bonds. The van der Waals surface area contributed by atoms with Crippen LogP contribution >= 0.6 is 0 Å². The van der Waals surface area contributed by atoms with E-state index in [9.17, 15) is 5.11 Å². The summed E-state index contributed by atoms with van der Waals surface area (Å²) in [5.41, 5.74) is 1.55. The van der Waals surface area contributed by atoms with Crippen LogP contribution in [-0.4, -0.2) is 35.6 Å². The Labute approximate surface area is 139 Å². The molecule has 1 aliphatic heterocycles. The van der Waals surface area contributed by atoms with Crippen LogP contribution in [0.4, 0.5) is 5.69 Å².